The molecule has 1 unspecified atom stereocenters. The second-order valence-electron chi connectivity index (χ2n) is 4.17. The molecule has 1 aromatic rings. The zero-order valence-corrected chi connectivity index (χ0v) is 12.6. The molecule has 0 radical (unpaired) electrons. The van der Waals surface area contributed by atoms with Crippen LogP contribution in [0.3, 0.4) is 0 Å². The van der Waals surface area contributed by atoms with Crippen LogP contribution < -0.4 is 4.72 Å². The van der Waals surface area contributed by atoms with Gasteiger partial charge in [0, 0.05) is 25.8 Å². The number of hydrogen-bond donors (Lipinski definition) is 1. The Morgan fingerprint density at radius 1 is 1.50 bits per heavy atom. The lowest BCUT2D eigenvalue weighted by atomic mass is 10.3. The third-order valence-corrected chi connectivity index (χ3v) is 4.44. The molecule has 20 heavy (non-hydrogen) atoms. The molecular formula is C11H15ClN2O5S. The smallest absolute Gasteiger partial charge is 0.289 e. The summed E-state index contributed by atoms with van der Waals surface area (Å²) in [5, 5.41) is 10.6. The molecule has 0 saturated carbocycles. The molecule has 112 valence electrons. The lowest BCUT2D eigenvalue weighted by Crippen LogP contribution is -2.33. The summed E-state index contributed by atoms with van der Waals surface area (Å²) in [5.41, 5.74) is -0.445. The Balaban J connectivity index is 2.98. The average Bonchev–Trinajstić information content (AvgIpc) is 2.35. The number of hydrogen-bond acceptors (Lipinski definition) is 5. The summed E-state index contributed by atoms with van der Waals surface area (Å²) in [6.45, 7) is 2.09. The number of rotatable bonds is 7. The lowest BCUT2D eigenvalue weighted by molar-refractivity contribution is -0.384. The van der Waals surface area contributed by atoms with E-state index < -0.39 is 20.6 Å². The molecule has 0 aliphatic carbocycles. The normalized spacial score (nSPS) is 13.2. The van der Waals surface area contributed by atoms with E-state index in [-0.39, 0.29) is 16.0 Å². The van der Waals surface area contributed by atoms with Gasteiger partial charge in [0.2, 0.25) is 10.0 Å². The van der Waals surface area contributed by atoms with Crippen LogP contribution in [0.4, 0.5) is 5.69 Å². The molecule has 0 aromatic heterocycles. The molecule has 0 heterocycles. The van der Waals surface area contributed by atoms with Crippen molar-refractivity contribution in [1.82, 2.24) is 4.72 Å². The largest absolute Gasteiger partial charge is 0.385 e. The SMILES string of the molecule is COCCC(C)NS(=O)(=O)c1ccc(Cl)c([N+](=O)[O-])c1. The second-order valence-corrected chi connectivity index (χ2v) is 6.30. The Morgan fingerprint density at radius 2 is 2.15 bits per heavy atom. The van der Waals surface area contributed by atoms with Gasteiger partial charge >= 0.3 is 0 Å². The first-order valence-electron chi connectivity index (χ1n) is 5.73. The molecule has 1 N–H and O–H groups in total. The molecule has 0 fully saturated rings. The van der Waals surface area contributed by atoms with Crippen LogP contribution in [0.2, 0.25) is 5.02 Å². The highest BCUT2D eigenvalue weighted by atomic mass is 35.5. The van der Waals surface area contributed by atoms with E-state index in [9.17, 15) is 18.5 Å². The second kappa shape index (κ2) is 6.98. The first-order valence-corrected chi connectivity index (χ1v) is 7.59. The number of halogens is 1. The predicted molar refractivity (Wildman–Crippen MR) is 74.4 cm³/mol. The van der Waals surface area contributed by atoms with Crippen LogP contribution in [-0.2, 0) is 14.8 Å². The van der Waals surface area contributed by atoms with Crippen LogP contribution in [0.5, 0.6) is 0 Å². The molecule has 0 bridgehead atoms. The lowest BCUT2D eigenvalue weighted by Gasteiger charge is -2.13. The summed E-state index contributed by atoms with van der Waals surface area (Å²) >= 11 is 5.64. The maximum absolute atomic E-state index is 12.1. The van der Waals surface area contributed by atoms with Crippen molar-refractivity contribution in [3.8, 4) is 0 Å². The fraction of sp³-hybridized carbons (Fsp3) is 0.455. The number of nitrogens with one attached hydrogen (secondary N) is 1. The van der Waals surface area contributed by atoms with Crippen molar-refractivity contribution < 1.29 is 18.1 Å². The number of nitro groups is 1. The number of methoxy groups -OCH3 is 1. The maximum Gasteiger partial charge on any atom is 0.289 e. The topological polar surface area (TPSA) is 98.5 Å². The maximum atomic E-state index is 12.1. The van der Waals surface area contributed by atoms with Gasteiger partial charge in [-0.05, 0) is 25.5 Å². The molecule has 7 nitrogen and oxygen atoms in total. The molecule has 1 rings (SSSR count). The molecule has 0 aliphatic rings. The summed E-state index contributed by atoms with van der Waals surface area (Å²) in [6.07, 6.45) is 0.491. The van der Waals surface area contributed by atoms with Crippen LogP contribution >= 0.6 is 11.6 Å². The van der Waals surface area contributed by atoms with Gasteiger partial charge < -0.3 is 4.74 Å². The fourth-order valence-corrected chi connectivity index (χ4v) is 2.97. The quantitative estimate of drug-likeness (QED) is 0.611. The van der Waals surface area contributed by atoms with Crippen LogP contribution in [0.1, 0.15) is 13.3 Å². The molecule has 0 amide bonds. The van der Waals surface area contributed by atoms with Gasteiger partial charge in [-0.25, -0.2) is 13.1 Å². The zero-order valence-electron chi connectivity index (χ0n) is 11.0. The van der Waals surface area contributed by atoms with Gasteiger partial charge in [-0.15, -0.1) is 0 Å². The van der Waals surface area contributed by atoms with Gasteiger partial charge in [0.1, 0.15) is 5.02 Å². The van der Waals surface area contributed by atoms with Crippen LogP contribution in [0.25, 0.3) is 0 Å². The first kappa shape index (κ1) is 16.8. The minimum atomic E-state index is -3.83. The Kier molecular flexibility index (Phi) is 5.88. The summed E-state index contributed by atoms with van der Waals surface area (Å²) in [4.78, 5) is 9.83. The molecule has 0 spiro atoms. The van der Waals surface area contributed by atoms with E-state index in [1.165, 1.54) is 19.2 Å². The Bertz CT molecular complexity index is 590. The number of ether oxygens (including phenoxy) is 1. The molecule has 9 heteroatoms. The summed E-state index contributed by atoms with van der Waals surface area (Å²) in [5.74, 6) is 0. The molecule has 0 aliphatic heterocycles. The van der Waals surface area contributed by atoms with Crippen molar-refractivity contribution in [3.63, 3.8) is 0 Å². The van der Waals surface area contributed by atoms with Gasteiger partial charge in [-0.2, -0.15) is 0 Å². The van der Waals surface area contributed by atoms with Crippen LogP contribution in [0, 0.1) is 10.1 Å². The van der Waals surface area contributed by atoms with Gasteiger partial charge in [-0.1, -0.05) is 11.6 Å². The van der Waals surface area contributed by atoms with E-state index in [0.717, 1.165) is 6.07 Å². The van der Waals surface area contributed by atoms with Gasteiger partial charge in [0.25, 0.3) is 5.69 Å². The van der Waals surface area contributed by atoms with Crippen molar-refractivity contribution in [2.75, 3.05) is 13.7 Å². The van der Waals surface area contributed by atoms with E-state index in [1.54, 1.807) is 6.92 Å². The highest BCUT2D eigenvalue weighted by molar-refractivity contribution is 7.89. The van der Waals surface area contributed by atoms with E-state index in [4.69, 9.17) is 16.3 Å². The van der Waals surface area contributed by atoms with E-state index in [1.807, 2.05) is 0 Å². The van der Waals surface area contributed by atoms with E-state index >= 15 is 0 Å². The summed E-state index contributed by atoms with van der Waals surface area (Å²) in [7, 11) is -2.31. The van der Waals surface area contributed by atoms with Crippen molar-refractivity contribution >= 4 is 27.3 Å². The minimum absolute atomic E-state index is 0.110. The standard InChI is InChI=1S/C11H15ClN2O5S/c1-8(5-6-19-2)13-20(17,18)9-3-4-10(12)11(7-9)14(15)16/h3-4,7-8,13H,5-6H2,1-2H3. The Labute approximate surface area is 122 Å². The van der Waals surface area contributed by atoms with Crippen LogP contribution in [-0.4, -0.2) is 33.1 Å². The van der Waals surface area contributed by atoms with Gasteiger partial charge in [0.15, 0.2) is 0 Å². The van der Waals surface area contributed by atoms with E-state index in [0.29, 0.717) is 13.0 Å². The summed E-state index contributed by atoms with van der Waals surface area (Å²) < 4.78 is 31.4. The molecule has 0 saturated heterocycles. The van der Waals surface area contributed by atoms with Crippen LogP contribution in [0.15, 0.2) is 23.1 Å². The number of sulfonamides is 1. The highest BCUT2D eigenvalue weighted by Gasteiger charge is 2.22. The Hall–Kier alpha value is -1.22. The fourth-order valence-electron chi connectivity index (χ4n) is 1.49. The highest BCUT2D eigenvalue weighted by Crippen LogP contribution is 2.27. The molecular weight excluding hydrogens is 308 g/mol. The van der Waals surface area contributed by atoms with E-state index in [2.05, 4.69) is 4.72 Å². The zero-order chi connectivity index (χ0) is 15.3. The van der Waals surface area contributed by atoms with Crippen molar-refractivity contribution in [2.45, 2.75) is 24.3 Å². The minimum Gasteiger partial charge on any atom is -0.385 e. The Morgan fingerprint density at radius 3 is 2.70 bits per heavy atom. The van der Waals surface area contributed by atoms with Crippen molar-refractivity contribution in [1.29, 1.82) is 0 Å². The predicted octanol–water partition coefficient (Wildman–Crippen LogP) is 1.95. The number of nitro benzene ring substituents is 1. The third-order valence-electron chi connectivity index (χ3n) is 2.54. The van der Waals surface area contributed by atoms with Gasteiger partial charge in [-0.3, -0.25) is 10.1 Å². The van der Waals surface area contributed by atoms with Gasteiger partial charge in [0.05, 0.1) is 9.82 Å². The monoisotopic (exact) mass is 322 g/mol. The van der Waals surface area contributed by atoms with Crippen molar-refractivity contribution in [3.05, 3.63) is 33.3 Å². The third kappa shape index (κ3) is 4.41. The number of benzene rings is 1. The number of nitrogens with zero attached hydrogens (tertiary/aromatic N) is 1. The van der Waals surface area contributed by atoms with Crippen molar-refractivity contribution in [2.24, 2.45) is 0 Å². The molecule has 1 atom stereocenters. The summed E-state index contributed by atoms with van der Waals surface area (Å²) in [6, 6.07) is 3.00. The molecule has 1 aromatic carbocycles. The first-order chi connectivity index (χ1) is 9.27. The average molecular weight is 323 g/mol.